The number of anilines is 1. The molecule has 1 aliphatic carbocycles. The molecule has 1 saturated carbocycles. The Kier molecular flexibility index (Phi) is 4.46. The van der Waals surface area contributed by atoms with Crippen LogP contribution >= 0.6 is 0 Å². The Balaban J connectivity index is 1.86. The lowest BCUT2D eigenvalue weighted by molar-refractivity contribution is 0.527. The number of nitrogens with two attached hydrogens (primary N) is 1. The minimum Gasteiger partial charge on any atom is -0.369 e. The van der Waals surface area contributed by atoms with Crippen molar-refractivity contribution in [2.24, 2.45) is 5.92 Å². The largest absolute Gasteiger partial charge is 0.369 e. The van der Waals surface area contributed by atoms with E-state index in [1.807, 2.05) is 4.90 Å². The smallest absolute Gasteiger partial charge is 0.350 e. The van der Waals surface area contributed by atoms with Gasteiger partial charge in [0.1, 0.15) is 5.82 Å². The first-order chi connectivity index (χ1) is 12.9. The van der Waals surface area contributed by atoms with Crippen LogP contribution in [-0.2, 0) is 0 Å². The van der Waals surface area contributed by atoms with Crippen molar-refractivity contribution in [1.82, 2.24) is 14.6 Å². The summed E-state index contributed by atoms with van der Waals surface area (Å²) in [7, 11) is 0. The van der Waals surface area contributed by atoms with Crippen molar-refractivity contribution >= 4 is 16.6 Å². The molecule has 1 aliphatic heterocycles. The zero-order valence-corrected chi connectivity index (χ0v) is 15.8. The predicted octanol–water partition coefficient (Wildman–Crippen LogP) is 1.10. The first-order valence-corrected chi connectivity index (χ1v) is 9.65. The van der Waals surface area contributed by atoms with Crippen molar-refractivity contribution in [2.75, 3.05) is 36.9 Å². The number of aromatic nitrogens is 2. The fourth-order valence-corrected chi connectivity index (χ4v) is 4.27. The van der Waals surface area contributed by atoms with Crippen molar-refractivity contribution in [1.29, 1.82) is 0 Å². The number of halogens is 1. The Hall–Kier alpha value is -2.35. The molecule has 0 spiro atoms. The molecular weight excluding hydrogens is 349 g/mol. The molecule has 2 aliphatic rings. The summed E-state index contributed by atoms with van der Waals surface area (Å²) >= 11 is 0. The number of nitrogen functional groups attached to an aromatic ring is 1. The monoisotopic (exact) mass is 375 g/mol. The van der Waals surface area contributed by atoms with Gasteiger partial charge in [0.2, 0.25) is 0 Å². The third-order valence-corrected chi connectivity index (χ3v) is 5.76. The molecule has 1 aromatic heterocycles. The van der Waals surface area contributed by atoms with Crippen molar-refractivity contribution in [3.63, 3.8) is 0 Å². The van der Waals surface area contributed by atoms with E-state index in [0.29, 0.717) is 27.4 Å². The van der Waals surface area contributed by atoms with Gasteiger partial charge in [-0.2, -0.15) is 4.68 Å². The highest BCUT2D eigenvalue weighted by atomic mass is 19.1. The average Bonchev–Trinajstić information content (AvgIpc) is 3.37. The number of nitrogens with one attached hydrogen (secondary N) is 1. The summed E-state index contributed by atoms with van der Waals surface area (Å²) in [4.78, 5) is 27.1. The van der Waals surface area contributed by atoms with Crippen molar-refractivity contribution in [3.05, 3.63) is 38.3 Å². The van der Waals surface area contributed by atoms with Crippen LogP contribution in [0.25, 0.3) is 10.9 Å². The zero-order valence-electron chi connectivity index (χ0n) is 15.8. The molecule has 4 rings (SSSR count). The minimum absolute atomic E-state index is 0.0347. The van der Waals surface area contributed by atoms with Crippen LogP contribution in [0.15, 0.2) is 15.7 Å². The van der Waals surface area contributed by atoms with E-state index < -0.39 is 17.1 Å². The Bertz CT molecular complexity index is 1010. The third-order valence-electron chi connectivity index (χ3n) is 5.76. The fraction of sp³-hybridized carbons (Fsp3) is 0.579. The molecule has 8 heteroatoms. The van der Waals surface area contributed by atoms with E-state index in [1.54, 1.807) is 11.5 Å². The molecule has 7 nitrogen and oxygen atoms in total. The van der Waals surface area contributed by atoms with Crippen LogP contribution in [0.4, 0.5) is 10.1 Å². The molecule has 2 fully saturated rings. The molecule has 1 atom stereocenters. The summed E-state index contributed by atoms with van der Waals surface area (Å²) in [6.45, 7) is 7.22. The third kappa shape index (κ3) is 2.92. The number of nitrogens with zero attached hydrogens (tertiary/aromatic N) is 3. The number of fused-ring (bicyclic) bond motifs is 1. The summed E-state index contributed by atoms with van der Waals surface area (Å²) in [6, 6.07) is 1.28. The molecule has 1 aromatic carbocycles. The molecule has 1 saturated heterocycles. The normalized spacial score (nSPS) is 20.0. The maximum atomic E-state index is 15.0. The molecule has 0 bridgehead atoms. The highest BCUT2D eigenvalue weighted by Crippen LogP contribution is 2.39. The second kappa shape index (κ2) is 6.67. The Morgan fingerprint density at radius 2 is 2.04 bits per heavy atom. The lowest BCUT2D eigenvalue weighted by Crippen LogP contribution is -2.44. The standard InChI is InChI=1S/C19H26FN5O2/c1-3-22-9-12-6-7-23(10-12)17-11(2)16-14(8-15(17)20)18(26)25(21)19(27)24(16)13-4-5-13/h8,12-13,22H,3-7,9-10,21H2,1-2H3. The summed E-state index contributed by atoms with van der Waals surface area (Å²) in [5, 5.41) is 3.52. The van der Waals surface area contributed by atoms with E-state index in [1.165, 1.54) is 6.07 Å². The molecule has 2 aromatic rings. The quantitative estimate of drug-likeness (QED) is 0.765. The van der Waals surface area contributed by atoms with E-state index in [0.717, 1.165) is 45.4 Å². The van der Waals surface area contributed by atoms with Gasteiger partial charge in [-0.3, -0.25) is 9.36 Å². The van der Waals surface area contributed by atoms with Crippen LogP contribution in [0.2, 0.25) is 0 Å². The van der Waals surface area contributed by atoms with Crippen LogP contribution < -0.4 is 27.3 Å². The molecule has 0 radical (unpaired) electrons. The van der Waals surface area contributed by atoms with Gasteiger partial charge in [-0.05, 0) is 51.3 Å². The van der Waals surface area contributed by atoms with Crippen molar-refractivity contribution in [2.45, 2.75) is 39.2 Å². The predicted molar refractivity (Wildman–Crippen MR) is 104 cm³/mol. The number of aryl methyl sites for hydroxylation is 1. The van der Waals surface area contributed by atoms with Crippen LogP contribution in [-0.4, -0.2) is 35.4 Å². The van der Waals surface area contributed by atoms with E-state index in [2.05, 4.69) is 12.2 Å². The zero-order chi connectivity index (χ0) is 19.3. The molecule has 0 amide bonds. The molecule has 146 valence electrons. The summed E-state index contributed by atoms with van der Waals surface area (Å²) < 4.78 is 17.2. The Labute approximate surface area is 156 Å². The summed E-state index contributed by atoms with van der Waals surface area (Å²) in [6.07, 6.45) is 2.73. The van der Waals surface area contributed by atoms with Gasteiger partial charge >= 0.3 is 5.69 Å². The fourth-order valence-electron chi connectivity index (χ4n) is 4.27. The second-order valence-electron chi connectivity index (χ2n) is 7.70. The molecule has 1 unspecified atom stereocenters. The van der Waals surface area contributed by atoms with E-state index in [9.17, 15) is 9.59 Å². The lowest BCUT2D eigenvalue weighted by atomic mass is 10.1. The first kappa shape index (κ1) is 18.0. The SMILES string of the molecule is CCNCC1CCN(c2c(F)cc3c(=O)n(N)c(=O)n(C4CC4)c3c2C)C1. The van der Waals surface area contributed by atoms with Crippen LogP contribution in [0.5, 0.6) is 0 Å². The Morgan fingerprint density at radius 1 is 1.30 bits per heavy atom. The van der Waals surface area contributed by atoms with Gasteiger partial charge in [-0.1, -0.05) is 6.92 Å². The lowest BCUT2D eigenvalue weighted by Gasteiger charge is -2.24. The number of hydrogen-bond donors (Lipinski definition) is 2. The van der Waals surface area contributed by atoms with E-state index >= 15 is 4.39 Å². The first-order valence-electron chi connectivity index (χ1n) is 9.65. The van der Waals surface area contributed by atoms with Gasteiger partial charge in [-0.25, -0.2) is 9.18 Å². The maximum absolute atomic E-state index is 15.0. The van der Waals surface area contributed by atoms with Gasteiger partial charge in [0, 0.05) is 24.7 Å². The van der Waals surface area contributed by atoms with Crippen LogP contribution in [0.3, 0.4) is 0 Å². The number of benzene rings is 1. The summed E-state index contributed by atoms with van der Waals surface area (Å²) in [5.41, 5.74) is 0.509. The summed E-state index contributed by atoms with van der Waals surface area (Å²) in [5.74, 6) is 5.70. The molecule has 27 heavy (non-hydrogen) atoms. The second-order valence-corrected chi connectivity index (χ2v) is 7.70. The molecule has 3 N–H and O–H groups in total. The van der Waals surface area contributed by atoms with Crippen molar-refractivity contribution < 1.29 is 4.39 Å². The Morgan fingerprint density at radius 3 is 2.70 bits per heavy atom. The van der Waals surface area contributed by atoms with E-state index in [-0.39, 0.29) is 11.4 Å². The maximum Gasteiger partial charge on any atom is 0.350 e. The van der Waals surface area contributed by atoms with Crippen molar-refractivity contribution in [3.8, 4) is 0 Å². The number of rotatable bonds is 5. The highest BCUT2D eigenvalue weighted by Gasteiger charge is 2.32. The number of hydrogen-bond acceptors (Lipinski definition) is 5. The minimum atomic E-state index is -0.646. The van der Waals surface area contributed by atoms with E-state index in [4.69, 9.17) is 5.84 Å². The van der Waals surface area contributed by atoms with Crippen LogP contribution in [0.1, 0.15) is 37.8 Å². The van der Waals surface area contributed by atoms with Gasteiger partial charge in [0.05, 0.1) is 16.6 Å². The van der Waals surface area contributed by atoms with Gasteiger partial charge in [0.25, 0.3) is 5.56 Å². The van der Waals surface area contributed by atoms with Gasteiger partial charge < -0.3 is 16.1 Å². The van der Waals surface area contributed by atoms with Gasteiger partial charge in [-0.15, -0.1) is 0 Å². The molecule has 2 heterocycles. The topological polar surface area (TPSA) is 85.3 Å². The van der Waals surface area contributed by atoms with Gasteiger partial charge in [0.15, 0.2) is 0 Å². The van der Waals surface area contributed by atoms with Crippen LogP contribution in [0, 0.1) is 18.7 Å². The molecular formula is C19H26FN5O2. The average molecular weight is 375 g/mol. The highest BCUT2D eigenvalue weighted by molar-refractivity contribution is 5.87.